The third kappa shape index (κ3) is 7.00. The van der Waals surface area contributed by atoms with Crippen molar-refractivity contribution >= 4 is 30.2 Å². The van der Waals surface area contributed by atoms with E-state index in [9.17, 15) is 24.6 Å². The summed E-state index contributed by atoms with van der Waals surface area (Å²) in [6.07, 6.45) is 5.99. The fourth-order valence-corrected chi connectivity index (χ4v) is 6.86. The predicted molar refractivity (Wildman–Crippen MR) is 166 cm³/mol. The standard InChI is InChI=1S/C33H43N3O6.ClH/c1-3-4-17-36-30(38)28(29(37)24-7-5-6-8-24)34-32(41)33(36)15-18-35(19-16-33)21-23-9-11-25(12-10-23)42-26-13-14-27(31(39)40)22(2)20-26;/h9-14,20,24,28-29,37H,3-8,15-19,21H2,1-2H3,(H,34,41)(H,39,40);1H/t28-,29-;/m1./s1. The van der Waals surface area contributed by atoms with E-state index in [0.29, 0.717) is 49.5 Å². The number of aliphatic hydroxyl groups excluding tert-OH is 1. The summed E-state index contributed by atoms with van der Waals surface area (Å²) in [6, 6.07) is 11.9. The van der Waals surface area contributed by atoms with Gasteiger partial charge < -0.3 is 25.2 Å². The normalized spacial score (nSPS) is 21.4. The molecule has 0 radical (unpaired) electrons. The fraction of sp³-hybridized carbons (Fsp3) is 0.545. The molecule has 3 N–H and O–H groups in total. The van der Waals surface area contributed by atoms with E-state index in [1.165, 1.54) is 0 Å². The summed E-state index contributed by atoms with van der Waals surface area (Å²) in [7, 11) is 0. The monoisotopic (exact) mass is 613 g/mol. The van der Waals surface area contributed by atoms with Gasteiger partial charge in [0.2, 0.25) is 11.8 Å². The molecule has 0 bridgehead atoms. The Kier molecular flexibility index (Phi) is 10.7. The topological polar surface area (TPSA) is 119 Å². The first-order valence-electron chi connectivity index (χ1n) is 15.4. The molecule has 5 rings (SSSR count). The molecule has 2 aromatic carbocycles. The zero-order valence-corrected chi connectivity index (χ0v) is 25.9. The van der Waals surface area contributed by atoms with E-state index in [-0.39, 0.29) is 35.7 Å². The van der Waals surface area contributed by atoms with Crippen molar-refractivity contribution in [1.82, 2.24) is 15.1 Å². The van der Waals surface area contributed by atoms with Crippen LogP contribution in [0.5, 0.6) is 11.5 Å². The smallest absolute Gasteiger partial charge is 0.335 e. The second kappa shape index (κ2) is 14.1. The van der Waals surface area contributed by atoms with Gasteiger partial charge in [0.05, 0.1) is 11.7 Å². The van der Waals surface area contributed by atoms with Gasteiger partial charge in [-0.3, -0.25) is 14.5 Å². The molecular formula is C33H44ClN3O6. The summed E-state index contributed by atoms with van der Waals surface area (Å²) >= 11 is 0. The molecule has 0 aromatic heterocycles. The number of ether oxygens (including phenoxy) is 1. The summed E-state index contributed by atoms with van der Waals surface area (Å²) in [4.78, 5) is 42.8. The Bertz CT molecular complexity index is 1290. The van der Waals surface area contributed by atoms with Crippen LogP contribution in [0.1, 0.15) is 79.8 Å². The molecule has 2 aliphatic heterocycles. The molecule has 2 amide bonds. The van der Waals surface area contributed by atoms with Crippen LogP contribution < -0.4 is 10.1 Å². The van der Waals surface area contributed by atoms with Crippen molar-refractivity contribution in [2.24, 2.45) is 5.92 Å². The van der Waals surface area contributed by atoms with Crippen LogP contribution in [0.4, 0.5) is 0 Å². The molecule has 9 nitrogen and oxygen atoms in total. The second-order valence-electron chi connectivity index (χ2n) is 12.2. The lowest BCUT2D eigenvalue weighted by Gasteiger charge is -2.52. The van der Waals surface area contributed by atoms with E-state index in [2.05, 4.69) is 17.1 Å². The summed E-state index contributed by atoms with van der Waals surface area (Å²) in [5.41, 5.74) is 1.15. The van der Waals surface area contributed by atoms with Gasteiger partial charge in [-0.25, -0.2) is 4.79 Å². The van der Waals surface area contributed by atoms with Gasteiger partial charge in [-0.2, -0.15) is 0 Å². The average Bonchev–Trinajstić information content (AvgIpc) is 3.52. The highest BCUT2D eigenvalue weighted by Gasteiger charge is 2.55. The van der Waals surface area contributed by atoms with E-state index in [4.69, 9.17) is 4.74 Å². The van der Waals surface area contributed by atoms with E-state index >= 15 is 0 Å². The number of amides is 2. The van der Waals surface area contributed by atoms with Crippen molar-refractivity contribution in [3.05, 3.63) is 59.2 Å². The van der Waals surface area contributed by atoms with Crippen LogP contribution in [0, 0.1) is 12.8 Å². The minimum Gasteiger partial charge on any atom is -0.478 e. The molecule has 1 spiro atoms. The lowest BCUT2D eigenvalue weighted by Crippen LogP contribution is -2.75. The van der Waals surface area contributed by atoms with Crippen LogP contribution in [-0.2, 0) is 16.1 Å². The molecule has 10 heteroatoms. The number of piperidine rings is 1. The zero-order valence-electron chi connectivity index (χ0n) is 25.1. The van der Waals surface area contributed by atoms with Crippen LogP contribution in [0.15, 0.2) is 42.5 Å². The van der Waals surface area contributed by atoms with Crippen molar-refractivity contribution in [3.63, 3.8) is 0 Å². The highest BCUT2D eigenvalue weighted by molar-refractivity contribution is 6.00. The predicted octanol–water partition coefficient (Wildman–Crippen LogP) is 4.92. The number of rotatable bonds is 10. The zero-order chi connectivity index (χ0) is 29.9. The van der Waals surface area contributed by atoms with Crippen molar-refractivity contribution in [3.8, 4) is 11.5 Å². The summed E-state index contributed by atoms with van der Waals surface area (Å²) < 4.78 is 5.93. The van der Waals surface area contributed by atoms with Crippen LogP contribution >= 0.6 is 12.4 Å². The maximum absolute atomic E-state index is 13.7. The van der Waals surface area contributed by atoms with Crippen molar-refractivity contribution in [2.75, 3.05) is 19.6 Å². The van der Waals surface area contributed by atoms with Crippen molar-refractivity contribution in [2.45, 2.75) is 89.4 Å². The van der Waals surface area contributed by atoms with Gasteiger partial charge >= 0.3 is 5.97 Å². The highest BCUT2D eigenvalue weighted by atomic mass is 35.5. The first-order valence-corrected chi connectivity index (χ1v) is 15.4. The van der Waals surface area contributed by atoms with E-state index in [0.717, 1.165) is 50.6 Å². The maximum atomic E-state index is 13.7. The summed E-state index contributed by atoms with van der Waals surface area (Å²) in [6.45, 7) is 6.46. The number of carboxylic acid groups (broad SMARTS) is 1. The number of likely N-dealkylation sites (tertiary alicyclic amines) is 1. The quantitative estimate of drug-likeness (QED) is 0.348. The lowest BCUT2D eigenvalue weighted by molar-refractivity contribution is -0.165. The molecule has 3 aliphatic rings. The molecule has 43 heavy (non-hydrogen) atoms. The van der Waals surface area contributed by atoms with Gasteiger partial charge in [-0.05, 0) is 86.4 Å². The van der Waals surface area contributed by atoms with Gasteiger partial charge in [0.15, 0.2) is 0 Å². The number of carbonyl (C=O) groups is 3. The number of aromatic carboxylic acids is 1. The number of nitrogens with one attached hydrogen (secondary N) is 1. The summed E-state index contributed by atoms with van der Waals surface area (Å²) in [5.74, 6) is 0.113. The molecule has 2 aromatic rings. The first kappa shape index (κ1) is 32.8. The number of carbonyl (C=O) groups excluding carboxylic acids is 2. The van der Waals surface area contributed by atoms with Gasteiger partial charge in [0.25, 0.3) is 0 Å². The van der Waals surface area contributed by atoms with E-state index in [1.54, 1.807) is 25.1 Å². The van der Waals surface area contributed by atoms with Gasteiger partial charge in [-0.1, -0.05) is 38.3 Å². The molecule has 2 saturated heterocycles. The number of hydrogen-bond acceptors (Lipinski definition) is 6. The molecule has 0 unspecified atom stereocenters. The first-order chi connectivity index (χ1) is 20.2. The number of halogens is 1. The molecular weight excluding hydrogens is 570 g/mol. The number of aliphatic hydroxyl groups is 1. The van der Waals surface area contributed by atoms with Crippen LogP contribution in [-0.4, -0.2) is 75.1 Å². The molecule has 234 valence electrons. The van der Waals surface area contributed by atoms with Crippen LogP contribution in [0.25, 0.3) is 0 Å². The Hall–Kier alpha value is -3.14. The van der Waals surface area contributed by atoms with Gasteiger partial charge in [-0.15, -0.1) is 12.4 Å². The van der Waals surface area contributed by atoms with E-state index < -0.39 is 23.7 Å². The van der Waals surface area contributed by atoms with Crippen LogP contribution in [0.2, 0.25) is 0 Å². The van der Waals surface area contributed by atoms with Crippen LogP contribution in [0.3, 0.4) is 0 Å². The Morgan fingerprint density at radius 3 is 2.33 bits per heavy atom. The lowest BCUT2D eigenvalue weighted by atomic mass is 9.80. The number of piperazine rings is 1. The Balaban J connectivity index is 0.00000423. The number of unbranched alkanes of at least 4 members (excludes halogenated alkanes) is 1. The van der Waals surface area contributed by atoms with Crippen molar-refractivity contribution in [1.29, 1.82) is 0 Å². The Morgan fingerprint density at radius 2 is 1.72 bits per heavy atom. The summed E-state index contributed by atoms with van der Waals surface area (Å²) in [5, 5.41) is 23.2. The van der Waals surface area contributed by atoms with Crippen molar-refractivity contribution < 1.29 is 29.3 Å². The average molecular weight is 614 g/mol. The van der Waals surface area contributed by atoms with Gasteiger partial charge in [0, 0.05) is 26.2 Å². The largest absolute Gasteiger partial charge is 0.478 e. The van der Waals surface area contributed by atoms with Gasteiger partial charge in [0.1, 0.15) is 23.1 Å². The number of benzene rings is 2. The highest BCUT2D eigenvalue weighted by Crippen LogP contribution is 2.37. The number of nitrogens with zero attached hydrogens (tertiary/aromatic N) is 2. The fourth-order valence-electron chi connectivity index (χ4n) is 6.86. The third-order valence-electron chi connectivity index (χ3n) is 9.39. The number of carboxylic acids is 1. The molecule has 1 saturated carbocycles. The molecule has 3 fully saturated rings. The SMILES string of the molecule is CCCCN1C(=O)[C@@H]([C@H](O)C2CCCC2)NC(=O)C12CCN(Cc1ccc(Oc3ccc(C(=O)O)c(C)c3)cc1)CC2.Cl. The maximum Gasteiger partial charge on any atom is 0.335 e. The molecule has 1 aliphatic carbocycles. The Labute approximate surface area is 260 Å². The Morgan fingerprint density at radius 1 is 1.07 bits per heavy atom. The second-order valence-corrected chi connectivity index (χ2v) is 12.2. The number of aryl methyl sites for hydroxylation is 1. The molecule has 2 heterocycles. The number of hydrogen-bond donors (Lipinski definition) is 3. The minimum absolute atomic E-state index is 0. The molecule has 2 atom stereocenters. The third-order valence-corrected chi connectivity index (χ3v) is 9.39. The minimum atomic E-state index is -0.960. The van der Waals surface area contributed by atoms with E-state index in [1.807, 2.05) is 29.2 Å².